The van der Waals surface area contributed by atoms with E-state index in [4.69, 9.17) is 19.9 Å². The normalized spacial score (nSPS) is 13.4. The number of primary amides is 1. The summed E-state index contributed by atoms with van der Waals surface area (Å²) >= 11 is 0. The fraction of sp³-hybridized carbons (Fsp3) is 0.462. The number of amides is 1. The topological polar surface area (TPSA) is 111 Å². The van der Waals surface area contributed by atoms with Gasteiger partial charge in [-0.3, -0.25) is 4.79 Å². The Morgan fingerprint density at radius 3 is 2.00 bits per heavy atom. The minimum atomic E-state index is -1.31. The van der Waals surface area contributed by atoms with E-state index in [1.54, 1.807) is 0 Å². The molecule has 0 aromatic heterocycles. The molecule has 0 saturated heterocycles. The van der Waals surface area contributed by atoms with Crippen LogP contribution in [0.2, 0.25) is 0 Å². The van der Waals surface area contributed by atoms with Crippen molar-refractivity contribution >= 4 is 5.91 Å². The summed E-state index contributed by atoms with van der Waals surface area (Å²) in [4.78, 5) is 10.8. The molecule has 0 fully saturated rings. The fourth-order valence-electron chi connectivity index (χ4n) is 1.81. The molecule has 0 aliphatic carbocycles. The van der Waals surface area contributed by atoms with Gasteiger partial charge in [-0.15, -0.1) is 0 Å². The molecule has 1 rings (SSSR count). The first-order valence-corrected chi connectivity index (χ1v) is 5.88. The van der Waals surface area contributed by atoms with Crippen LogP contribution >= 0.6 is 0 Å². The van der Waals surface area contributed by atoms with Crippen LogP contribution in [0.25, 0.3) is 0 Å². The molecule has 112 valence electrons. The first-order chi connectivity index (χ1) is 9.44. The summed E-state index contributed by atoms with van der Waals surface area (Å²) in [7, 11) is 4.33. The Kier molecular flexibility index (Phi) is 5.60. The SMILES string of the molecule is COc1cc(C(O)C(O)CC(N)=O)cc(OC)c1OC. The summed E-state index contributed by atoms with van der Waals surface area (Å²) in [5.41, 5.74) is 5.31. The second kappa shape index (κ2) is 6.97. The van der Waals surface area contributed by atoms with E-state index in [2.05, 4.69) is 0 Å². The number of aliphatic hydroxyl groups is 2. The van der Waals surface area contributed by atoms with Gasteiger partial charge in [-0.2, -0.15) is 0 Å². The molecule has 7 nitrogen and oxygen atoms in total. The molecule has 0 heterocycles. The number of carbonyl (C=O) groups excluding carboxylic acids is 1. The number of nitrogens with two attached hydrogens (primary N) is 1. The van der Waals surface area contributed by atoms with Crippen LogP contribution in [0.1, 0.15) is 18.1 Å². The van der Waals surface area contributed by atoms with Gasteiger partial charge in [0.1, 0.15) is 6.10 Å². The van der Waals surface area contributed by atoms with Crippen molar-refractivity contribution in [3.63, 3.8) is 0 Å². The molecule has 0 aliphatic rings. The molecule has 0 radical (unpaired) electrons. The van der Waals surface area contributed by atoms with Crippen LogP contribution in [0, 0.1) is 0 Å². The predicted molar refractivity (Wildman–Crippen MR) is 70.9 cm³/mol. The minimum absolute atomic E-state index is 0.327. The number of methoxy groups -OCH3 is 3. The van der Waals surface area contributed by atoms with Gasteiger partial charge in [0.05, 0.1) is 33.9 Å². The van der Waals surface area contributed by atoms with E-state index in [1.165, 1.54) is 33.5 Å². The highest BCUT2D eigenvalue weighted by molar-refractivity contribution is 5.74. The number of rotatable bonds is 7. The molecule has 4 N–H and O–H groups in total. The van der Waals surface area contributed by atoms with Crippen molar-refractivity contribution in [1.29, 1.82) is 0 Å². The lowest BCUT2D eigenvalue weighted by molar-refractivity contribution is -0.121. The van der Waals surface area contributed by atoms with Crippen LogP contribution in [-0.2, 0) is 4.79 Å². The highest BCUT2D eigenvalue weighted by Gasteiger charge is 2.23. The molecule has 0 saturated carbocycles. The van der Waals surface area contributed by atoms with E-state index in [0.29, 0.717) is 22.8 Å². The number of benzene rings is 1. The summed E-state index contributed by atoms with van der Waals surface area (Å²) in [5.74, 6) is 0.346. The van der Waals surface area contributed by atoms with Crippen molar-refractivity contribution in [1.82, 2.24) is 0 Å². The lowest BCUT2D eigenvalue weighted by Gasteiger charge is -2.20. The van der Waals surface area contributed by atoms with E-state index in [-0.39, 0.29) is 6.42 Å². The zero-order valence-electron chi connectivity index (χ0n) is 11.6. The van der Waals surface area contributed by atoms with Crippen LogP contribution in [0.5, 0.6) is 17.2 Å². The Balaban J connectivity index is 3.15. The standard InChI is InChI=1S/C13H19NO6/c1-18-9-4-7(5-10(19-2)13(9)20-3)12(17)8(15)6-11(14)16/h4-5,8,12,15,17H,6H2,1-3H3,(H2,14,16). The molecule has 0 spiro atoms. The summed E-state index contributed by atoms with van der Waals surface area (Å²) in [6.07, 6.45) is -2.95. The molecule has 0 aliphatic heterocycles. The highest BCUT2D eigenvalue weighted by atomic mass is 16.5. The zero-order chi connectivity index (χ0) is 15.3. The molecule has 1 aromatic carbocycles. The maximum absolute atomic E-state index is 10.8. The highest BCUT2D eigenvalue weighted by Crippen LogP contribution is 2.40. The van der Waals surface area contributed by atoms with Gasteiger partial charge in [0, 0.05) is 0 Å². The molecular formula is C13H19NO6. The third-order valence-corrected chi connectivity index (χ3v) is 2.80. The molecule has 7 heteroatoms. The third-order valence-electron chi connectivity index (χ3n) is 2.80. The number of hydrogen-bond donors (Lipinski definition) is 3. The first kappa shape index (κ1) is 16.1. The second-order valence-electron chi connectivity index (χ2n) is 4.14. The molecule has 1 amide bonds. The van der Waals surface area contributed by atoms with Crippen molar-refractivity contribution < 1.29 is 29.2 Å². The number of aliphatic hydroxyl groups excluding tert-OH is 2. The van der Waals surface area contributed by atoms with Crippen LogP contribution in [0.4, 0.5) is 0 Å². The van der Waals surface area contributed by atoms with Crippen LogP contribution < -0.4 is 19.9 Å². The average molecular weight is 285 g/mol. The van der Waals surface area contributed by atoms with Crippen molar-refractivity contribution in [3.8, 4) is 17.2 Å². The van der Waals surface area contributed by atoms with E-state index in [1.807, 2.05) is 0 Å². The van der Waals surface area contributed by atoms with Gasteiger partial charge in [0.2, 0.25) is 11.7 Å². The maximum atomic E-state index is 10.8. The van der Waals surface area contributed by atoms with Crippen LogP contribution in [0.15, 0.2) is 12.1 Å². The first-order valence-electron chi connectivity index (χ1n) is 5.88. The Bertz CT molecular complexity index is 451. The molecule has 2 atom stereocenters. The van der Waals surface area contributed by atoms with Gasteiger partial charge >= 0.3 is 0 Å². The summed E-state index contributed by atoms with van der Waals surface area (Å²) in [6, 6.07) is 2.99. The zero-order valence-corrected chi connectivity index (χ0v) is 11.6. The van der Waals surface area contributed by atoms with E-state index in [0.717, 1.165) is 0 Å². The molecule has 20 heavy (non-hydrogen) atoms. The summed E-state index contributed by atoms with van der Waals surface area (Å²) < 4.78 is 15.4. The van der Waals surface area contributed by atoms with Crippen LogP contribution in [0.3, 0.4) is 0 Å². The fourth-order valence-corrected chi connectivity index (χ4v) is 1.81. The van der Waals surface area contributed by atoms with Gasteiger partial charge in [0.25, 0.3) is 0 Å². The maximum Gasteiger partial charge on any atom is 0.220 e. The lowest BCUT2D eigenvalue weighted by Crippen LogP contribution is -2.25. The van der Waals surface area contributed by atoms with E-state index in [9.17, 15) is 15.0 Å². The smallest absolute Gasteiger partial charge is 0.220 e. The van der Waals surface area contributed by atoms with Gasteiger partial charge in [-0.25, -0.2) is 0 Å². The van der Waals surface area contributed by atoms with Crippen molar-refractivity contribution in [2.75, 3.05) is 21.3 Å². The number of ether oxygens (including phenoxy) is 3. The van der Waals surface area contributed by atoms with Gasteiger partial charge in [-0.1, -0.05) is 0 Å². The Labute approximate surface area is 116 Å². The van der Waals surface area contributed by atoms with Crippen molar-refractivity contribution in [2.24, 2.45) is 5.73 Å². The summed E-state index contributed by atoms with van der Waals surface area (Å²) in [6.45, 7) is 0. The molecular weight excluding hydrogens is 266 g/mol. The Morgan fingerprint density at radius 2 is 1.65 bits per heavy atom. The molecule has 1 aromatic rings. The van der Waals surface area contributed by atoms with Crippen LogP contribution in [-0.4, -0.2) is 43.6 Å². The number of carbonyl (C=O) groups is 1. The van der Waals surface area contributed by atoms with Crippen molar-refractivity contribution in [3.05, 3.63) is 17.7 Å². The molecule has 0 bridgehead atoms. The van der Waals surface area contributed by atoms with Gasteiger partial charge in [0.15, 0.2) is 11.5 Å². The number of hydrogen-bond acceptors (Lipinski definition) is 6. The quantitative estimate of drug-likeness (QED) is 0.649. The Hall–Kier alpha value is -1.99. The Morgan fingerprint density at radius 1 is 1.15 bits per heavy atom. The molecule has 2 unspecified atom stereocenters. The minimum Gasteiger partial charge on any atom is -0.493 e. The van der Waals surface area contributed by atoms with E-state index < -0.39 is 18.1 Å². The summed E-state index contributed by atoms with van der Waals surface area (Å²) in [5, 5.41) is 19.8. The second-order valence-corrected chi connectivity index (χ2v) is 4.14. The van der Waals surface area contributed by atoms with Gasteiger partial charge < -0.3 is 30.2 Å². The third kappa shape index (κ3) is 3.52. The van der Waals surface area contributed by atoms with Crippen molar-refractivity contribution in [2.45, 2.75) is 18.6 Å². The largest absolute Gasteiger partial charge is 0.493 e. The van der Waals surface area contributed by atoms with E-state index >= 15 is 0 Å². The van der Waals surface area contributed by atoms with Gasteiger partial charge in [-0.05, 0) is 17.7 Å². The monoisotopic (exact) mass is 285 g/mol. The average Bonchev–Trinajstić information content (AvgIpc) is 2.43. The lowest BCUT2D eigenvalue weighted by atomic mass is 10.0. The predicted octanol–water partition coefficient (Wildman–Crippen LogP) is -0.0179.